The number of amides is 1. The Labute approximate surface area is 126 Å². The van der Waals surface area contributed by atoms with Crippen LogP contribution in [0.3, 0.4) is 0 Å². The number of benzene rings is 1. The Balaban J connectivity index is 2.79. The van der Waals surface area contributed by atoms with Crippen molar-refractivity contribution < 1.29 is 14.7 Å². The number of hydrogen-bond donors (Lipinski definition) is 2. The zero-order valence-electron chi connectivity index (χ0n) is 13.1. The van der Waals surface area contributed by atoms with E-state index in [1.54, 1.807) is 4.90 Å². The molecule has 1 amide bonds. The molecule has 0 saturated heterocycles. The standard InChI is InChI=1S/C16H24N2O3/c1-5-13-8-6-7-12(4)16(13)17-14(19)9-18(11(2)3)10-15(20)21/h6-8,11H,5,9-10H2,1-4H3,(H,17,19)(H,20,21). The fourth-order valence-corrected chi connectivity index (χ4v) is 2.16. The van der Waals surface area contributed by atoms with E-state index >= 15 is 0 Å². The largest absolute Gasteiger partial charge is 0.480 e. The highest BCUT2D eigenvalue weighted by Crippen LogP contribution is 2.21. The monoisotopic (exact) mass is 292 g/mol. The molecule has 1 rings (SSSR count). The van der Waals surface area contributed by atoms with Gasteiger partial charge in [-0.05, 0) is 38.3 Å². The third-order valence-electron chi connectivity index (χ3n) is 3.42. The molecule has 0 bridgehead atoms. The molecule has 0 heterocycles. The van der Waals surface area contributed by atoms with Crippen LogP contribution in [0.1, 0.15) is 31.9 Å². The third kappa shape index (κ3) is 5.19. The van der Waals surface area contributed by atoms with Gasteiger partial charge in [0.05, 0.1) is 13.1 Å². The second-order valence-electron chi connectivity index (χ2n) is 5.40. The first-order valence-electron chi connectivity index (χ1n) is 7.19. The molecule has 116 valence electrons. The van der Waals surface area contributed by atoms with Gasteiger partial charge < -0.3 is 10.4 Å². The zero-order valence-corrected chi connectivity index (χ0v) is 13.1. The van der Waals surface area contributed by atoms with Gasteiger partial charge in [0.2, 0.25) is 5.91 Å². The fraction of sp³-hybridized carbons (Fsp3) is 0.500. The number of rotatable bonds is 7. The average molecular weight is 292 g/mol. The van der Waals surface area contributed by atoms with Gasteiger partial charge in [-0.1, -0.05) is 25.1 Å². The minimum Gasteiger partial charge on any atom is -0.480 e. The lowest BCUT2D eigenvalue weighted by atomic mass is 10.1. The molecule has 0 saturated carbocycles. The lowest BCUT2D eigenvalue weighted by Crippen LogP contribution is -2.41. The van der Waals surface area contributed by atoms with Crippen LogP contribution in [-0.2, 0) is 16.0 Å². The molecular formula is C16H24N2O3. The molecule has 0 radical (unpaired) electrons. The van der Waals surface area contributed by atoms with Crippen LogP contribution >= 0.6 is 0 Å². The van der Waals surface area contributed by atoms with E-state index in [0.717, 1.165) is 23.2 Å². The van der Waals surface area contributed by atoms with Crippen molar-refractivity contribution >= 4 is 17.6 Å². The molecule has 0 aromatic heterocycles. The van der Waals surface area contributed by atoms with Crippen molar-refractivity contribution in [2.24, 2.45) is 0 Å². The number of aliphatic carboxylic acids is 1. The number of nitrogens with one attached hydrogen (secondary N) is 1. The summed E-state index contributed by atoms with van der Waals surface area (Å²) in [6.45, 7) is 7.67. The summed E-state index contributed by atoms with van der Waals surface area (Å²) in [5, 5.41) is 11.8. The molecule has 2 N–H and O–H groups in total. The molecule has 0 aliphatic rings. The van der Waals surface area contributed by atoms with Crippen molar-refractivity contribution in [3.8, 4) is 0 Å². The van der Waals surface area contributed by atoms with E-state index in [1.165, 1.54) is 0 Å². The number of nitrogens with zero attached hydrogens (tertiary/aromatic N) is 1. The highest BCUT2D eigenvalue weighted by Gasteiger charge is 2.18. The van der Waals surface area contributed by atoms with Gasteiger partial charge in [0.15, 0.2) is 0 Å². The lowest BCUT2D eigenvalue weighted by Gasteiger charge is -2.24. The van der Waals surface area contributed by atoms with Gasteiger partial charge in [0.25, 0.3) is 0 Å². The van der Waals surface area contributed by atoms with Gasteiger partial charge in [-0.25, -0.2) is 0 Å². The third-order valence-corrected chi connectivity index (χ3v) is 3.42. The number of carbonyl (C=O) groups is 2. The van der Waals surface area contributed by atoms with Crippen LogP contribution in [0.2, 0.25) is 0 Å². The Morgan fingerprint density at radius 1 is 1.29 bits per heavy atom. The van der Waals surface area contributed by atoms with Crippen LogP contribution in [0.5, 0.6) is 0 Å². The second-order valence-corrected chi connectivity index (χ2v) is 5.40. The first-order chi connectivity index (χ1) is 9.85. The summed E-state index contributed by atoms with van der Waals surface area (Å²) < 4.78 is 0. The molecule has 0 atom stereocenters. The highest BCUT2D eigenvalue weighted by molar-refractivity contribution is 5.94. The summed E-state index contributed by atoms with van der Waals surface area (Å²) in [5.74, 6) is -1.12. The number of hydrogen-bond acceptors (Lipinski definition) is 3. The molecule has 1 aromatic carbocycles. The number of carboxylic acid groups (broad SMARTS) is 1. The molecule has 0 aliphatic carbocycles. The van der Waals surface area contributed by atoms with Crippen molar-refractivity contribution in [1.29, 1.82) is 0 Å². The maximum atomic E-state index is 12.2. The topological polar surface area (TPSA) is 69.6 Å². The van der Waals surface area contributed by atoms with Crippen molar-refractivity contribution in [2.75, 3.05) is 18.4 Å². The van der Waals surface area contributed by atoms with E-state index in [-0.39, 0.29) is 25.0 Å². The molecule has 21 heavy (non-hydrogen) atoms. The van der Waals surface area contributed by atoms with Crippen LogP contribution in [0.15, 0.2) is 18.2 Å². The van der Waals surface area contributed by atoms with Gasteiger partial charge >= 0.3 is 5.97 Å². The van der Waals surface area contributed by atoms with E-state index in [0.29, 0.717) is 0 Å². The quantitative estimate of drug-likeness (QED) is 0.809. The summed E-state index contributed by atoms with van der Waals surface area (Å²) in [5.41, 5.74) is 2.93. The molecular weight excluding hydrogens is 268 g/mol. The summed E-state index contributed by atoms with van der Waals surface area (Å²) in [4.78, 5) is 24.6. The van der Waals surface area contributed by atoms with E-state index in [9.17, 15) is 9.59 Å². The van der Waals surface area contributed by atoms with Crippen molar-refractivity contribution in [1.82, 2.24) is 4.90 Å². The van der Waals surface area contributed by atoms with Gasteiger partial charge in [-0.15, -0.1) is 0 Å². The predicted octanol–water partition coefficient (Wildman–Crippen LogP) is 2.29. The van der Waals surface area contributed by atoms with Crippen molar-refractivity contribution in [3.63, 3.8) is 0 Å². The zero-order chi connectivity index (χ0) is 16.0. The number of anilines is 1. The number of para-hydroxylation sites is 1. The minimum atomic E-state index is -0.929. The van der Waals surface area contributed by atoms with E-state index in [4.69, 9.17) is 5.11 Å². The Morgan fingerprint density at radius 2 is 1.95 bits per heavy atom. The molecule has 0 aliphatic heterocycles. The van der Waals surface area contributed by atoms with Crippen LogP contribution in [0.4, 0.5) is 5.69 Å². The van der Waals surface area contributed by atoms with Crippen LogP contribution < -0.4 is 5.32 Å². The number of aryl methyl sites for hydroxylation is 2. The van der Waals surface area contributed by atoms with Crippen LogP contribution in [0, 0.1) is 6.92 Å². The smallest absolute Gasteiger partial charge is 0.317 e. The molecule has 0 fully saturated rings. The first-order valence-corrected chi connectivity index (χ1v) is 7.19. The summed E-state index contributed by atoms with van der Waals surface area (Å²) >= 11 is 0. The number of carboxylic acids is 1. The summed E-state index contributed by atoms with van der Waals surface area (Å²) in [7, 11) is 0. The second kappa shape index (κ2) is 7.78. The fourth-order valence-electron chi connectivity index (χ4n) is 2.16. The maximum absolute atomic E-state index is 12.2. The van der Waals surface area contributed by atoms with Gasteiger partial charge in [0.1, 0.15) is 0 Å². The molecule has 5 heteroatoms. The predicted molar refractivity (Wildman–Crippen MR) is 83.5 cm³/mol. The van der Waals surface area contributed by atoms with E-state index < -0.39 is 5.97 Å². The Morgan fingerprint density at radius 3 is 2.48 bits per heavy atom. The van der Waals surface area contributed by atoms with Crippen LogP contribution in [0.25, 0.3) is 0 Å². The highest BCUT2D eigenvalue weighted by atomic mass is 16.4. The Kier molecular flexibility index (Phi) is 6.37. The summed E-state index contributed by atoms with van der Waals surface area (Å²) in [6, 6.07) is 5.90. The SMILES string of the molecule is CCc1cccc(C)c1NC(=O)CN(CC(=O)O)C(C)C. The van der Waals surface area contributed by atoms with E-state index in [1.807, 2.05) is 45.9 Å². The van der Waals surface area contributed by atoms with Gasteiger partial charge in [-0.3, -0.25) is 14.5 Å². The average Bonchev–Trinajstić information content (AvgIpc) is 2.39. The Hall–Kier alpha value is -1.88. The minimum absolute atomic E-state index is 0.00522. The Bertz CT molecular complexity index is 512. The molecule has 1 aromatic rings. The lowest BCUT2D eigenvalue weighted by molar-refractivity contribution is -0.139. The normalized spacial score (nSPS) is 11.0. The van der Waals surface area contributed by atoms with Crippen molar-refractivity contribution in [2.45, 2.75) is 40.2 Å². The summed E-state index contributed by atoms with van der Waals surface area (Å²) in [6.07, 6.45) is 0.834. The molecule has 5 nitrogen and oxygen atoms in total. The van der Waals surface area contributed by atoms with Gasteiger partial charge in [-0.2, -0.15) is 0 Å². The maximum Gasteiger partial charge on any atom is 0.317 e. The molecule has 0 unspecified atom stereocenters. The molecule has 0 spiro atoms. The van der Waals surface area contributed by atoms with Crippen molar-refractivity contribution in [3.05, 3.63) is 29.3 Å². The first kappa shape index (κ1) is 17.2. The van der Waals surface area contributed by atoms with Gasteiger partial charge in [0, 0.05) is 11.7 Å². The number of carbonyl (C=O) groups excluding carboxylic acids is 1. The van der Waals surface area contributed by atoms with Crippen LogP contribution in [-0.4, -0.2) is 41.0 Å². The van der Waals surface area contributed by atoms with E-state index in [2.05, 4.69) is 5.32 Å².